The van der Waals surface area contributed by atoms with Crippen LogP contribution < -0.4 is 9.47 Å². The van der Waals surface area contributed by atoms with E-state index in [0.717, 1.165) is 16.7 Å². The number of Topliss-reactive ketones (excluding diaryl/α,β-unsaturated/α-hetero) is 2. The van der Waals surface area contributed by atoms with E-state index in [4.69, 9.17) is 21.1 Å². The summed E-state index contributed by atoms with van der Waals surface area (Å²) in [4.78, 5) is 40.3. The Kier molecular flexibility index (Phi) is 8.45. The van der Waals surface area contributed by atoms with Crippen molar-refractivity contribution in [3.05, 3.63) is 94.0 Å². The molecule has 0 radical (unpaired) electrons. The number of hydrogen-bond donors (Lipinski definition) is 0. The van der Waals surface area contributed by atoms with Crippen LogP contribution in [0, 0.1) is 25.7 Å². The van der Waals surface area contributed by atoms with Crippen LogP contribution in [-0.2, 0) is 11.2 Å². The third-order valence-electron chi connectivity index (χ3n) is 7.34. The molecule has 3 aromatic carbocycles. The van der Waals surface area contributed by atoms with Crippen LogP contribution in [0.3, 0.4) is 0 Å². The molecule has 204 valence electrons. The Morgan fingerprint density at radius 1 is 0.949 bits per heavy atom. The lowest BCUT2D eigenvalue weighted by atomic mass is 9.84. The van der Waals surface area contributed by atoms with E-state index >= 15 is 0 Å². The Labute approximate surface area is 234 Å². The maximum atomic E-state index is 13.6. The minimum Gasteiger partial charge on any atom is -0.480 e. The molecular formula is C32H34ClNO5. The molecule has 1 fully saturated rings. The maximum Gasteiger partial charge on any atom is 0.415 e. The predicted octanol–water partition coefficient (Wildman–Crippen LogP) is 6.88. The summed E-state index contributed by atoms with van der Waals surface area (Å²) in [5, 5.41) is 0.559. The number of carbonyl (C=O) groups is 3. The van der Waals surface area contributed by atoms with Crippen molar-refractivity contribution in [3.63, 3.8) is 0 Å². The van der Waals surface area contributed by atoms with Crippen LogP contribution in [0.1, 0.15) is 47.8 Å². The summed E-state index contributed by atoms with van der Waals surface area (Å²) in [7, 11) is 0. The lowest BCUT2D eigenvalue weighted by molar-refractivity contribution is -0.129. The number of nitrogens with zero attached hydrogens (tertiary/aromatic N) is 1. The highest BCUT2D eigenvalue weighted by atomic mass is 35.5. The number of rotatable bonds is 8. The molecule has 3 aromatic rings. The van der Waals surface area contributed by atoms with Crippen LogP contribution in [0.15, 0.2) is 66.7 Å². The summed E-state index contributed by atoms with van der Waals surface area (Å²) in [6.07, 6.45) is 0.122. The average molecular weight is 548 g/mol. The van der Waals surface area contributed by atoms with Crippen LogP contribution in [0.25, 0.3) is 0 Å². The first-order valence-electron chi connectivity index (χ1n) is 13.1. The molecule has 0 spiro atoms. The largest absolute Gasteiger partial charge is 0.480 e. The number of hydrogen-bond acceptors (Lipinski definition) is 5. The van der Waals surface area contributed by atoms with Crippen LogP contribution in [0.5, 0.6) is 11.5 Å². The summed E-state index contributed by atoms with van der Waals surface area (Å²) in [6.45, 7) is 9.61. The zero-order valence-corrected chi connectivity index (χ0v) is 23.7. The molecule has 1 amide bonds. The van der Waals surface area contributed by atoms with Crippen molar-refractivity contribution >= 4 is 29.3 Å². The van der Waals surface area contributed by atoms with Gasteiger partial charge in [0.25, 0.3) is 0 Å². The van der Waals surface area contributed by atoms with Gasteiger partial charge in [0.15, 0.2) is 17.2 Å². The first-order valence-corrected chi connectivity index (χ1v) is 13.4. The summed E-state index contributed by atoms with van der Waals surface area (Å²) in [5.41, 5.74) is 2.50. The molecule has 7 heteroatoms. The molecule has 6 nitrogen and oxygen atoms in total. The molecule has 0 N–H and O–H groups in total. The Morgan fingerprint density at radius 3 is 2.15 bits per heavy atom. The van der Waals surface area contributed by atoms with Crippen molar-refractivity contribution in [2.45, 2.75) is 46.6 Å². The highest BCUT2D eigenvalue weighted by molar-refractivity contribution is 6.30. The van der Waals surface area contributed by atoms with Crippen molar-refractivity contribution in [3.8, 4) is 11.5 Å². The Balaban J connectivity index is 1.58. The Bertz CT molecular complexity index is 1340. The average Bonchev–Trinajstić information content (AvgIpc) is 3.30. The molecule has 1 heterocycles. The van der Waals surface area contributed by atoms with Crippen molar-refractivity contribution in [1.82, 2.24) is 4.90 Å². The molecule has 1 aliphatic rings. The number of amides is 1. The lowest BCUT2D eigenvalue weighted by Gasteiger charge is -2.26. The van der Waals surface area contributed by atoms with E-state index in [1.807, 2.05) is 32.0 Å². The predicted molar refractivity (Wildman–Crippen MR) is 152 cm³/mol. The second-order valence-electron chi connectivity index (χ2n) is 10.8. The molecule has 4 rings (SSSR count). The zero-order chi connectivity index (χ0) is 28.3. The van der Waals surface area contributed by atoms with Gasteiger partial charge in [-0.3, -0.25) is 9.59 Å². The number of halogens is 1. The number of para-hydroxylation sites is 1. The van der Waals surface area contributed by atoms with E-state index in [1.165, 1.54) is 6.92 Å². The second-order valence-corrected chi connectivity index (χ2v) is 11.2. The van der Waals surface area contributed by atoms with Gasteiger partial charge in [0.2, 0.25) is 0 Å². The number of carbonyl (C=O) groups excluding carboxylic acids is 3. The van der Waals surface area contributed by atoms with Gasteiger partial charge in [0, 0.05) is 29.6 Å². The van der Waals surface area contributed by atoms with Crippen LogP contribution >= 0.6 is 11.6 Å². The Morgan fingerprint density at radius 2 is 1.56 bits per heavy atom. The highest BCUT2D eigenvalue weighted by Gasteiger charge is 2.40. The van der Waals surface area contributed by atoms with Crippen LogP contribution in [0.2, 0.25) is 5.02 Å². The first-order chi connectivity index (χ1) is 18.4. The monoisotopic (exact) mass is 547 g/mol. The second kappa shape index (κ2) is 11.6. The minimum atomic E-state index is -0.932. The van der Waals surface area contributed by atoms with E-state index in [0.29, 0.717) is 35.1 Å². The topological polar surface area (TPSA) is 72.9 Å². The minimum absolute atomic E-state index is 0.0247. The molecule has 2 unspecified atom stereocenters. The lowest BCUT2D eigenvalue weighted by Crippen LogP contribution is -2.36. The van der Waals surface area contributed by atoms with Crippen molar-refractivity contribution in [2.24, 2.45) is 11.8 Å². The van der Waals surface area contributed by atoms with Gasteiger partial charge in [-0.2, -0.15) is 0 Å². The summed E-state index contributed by atoms with van der Waals surface area (Å²) in [6, 6.07) is 19.8. The van der Waals surface area contributed by atoms with E-state index in [2.05, 4.69) is 0 Å². The summed E-state index contributed by atoms with van der Waals surface area (Å²) in [5.74, 6) is 0.554. The molecule has 0 aromatic heterocycles. The number of ketones is 2. The molecule has 0 bridgehead atoms. The third kappa shape index (κ3) is 6.69. The van der Waals surface area contributed by atoms with Gasteiger partial charge in [-0.05, 0) is 100 Å². The molecule has 0 aliphatic carbocycles. The third-order valence-corrected chi connectivity index (χ3v) is 7.59. The Hall–Kier alpha value is -3.64. The van der Waals surface area contributed by atoms with Gasteiger partial charge >= 0.3 is 6.09 Å². The summed E-state index contributed by atoms with van der Waals surface area (Å²) < 4.78 is 11.7. The fourth-order valence-corrected chi connectivity index (χ4v) is 5.08. The fourth-order valence-electron chi connectivity index (χ4n) is 4.95. The maximum absolute atomic E-state index is 13.6. The van der Waals surface area contributed by atoms with Crippen LogP contribution in [-0.4, -0.2) is 41.3 Å². The van der Waals surface area contributed by atoms with Gasteiger partial charge in [-0.15, -0.1) is 0 Å². The fraction of sp³-hybridized carbons (Fsp3) is 0.344. The van der Waals surface area contributed by atoms with Gasteiger partial charge in [-0.1, -0.05) is 41.9 Å². The van der Waals surface area contributed by atoms with Gasteiger partial charge < -0.3 is 14.4 Å². The van der Waals surface area contributed by atoms with Gasteiger partial charge in [-0.25, -0.2) is 4.79 Å². The molecular weight excluding hydrogens is 514 g/mol. The first kappa shape index (κ1) is 28.4. The zero-order valence-electron chi connectivity index (χ0n) is 23.0. The van der Waals surface area contributed by atoms with E-state index < -0.39 is 17.6 Å². The van der Waals surface area contributed by atoms with Gasteiger partial charge in [0.1, 0.15) is 11.5 Å². The smallest absolute Gasteiger partial charge is 0.415 e. The van der Waals surface area contributed by atoms with E-state index in [9.17, 15) is 14.4 Å². The number of ether oxygens (including phenoxy) is 2. The number of benzene rings is 3. The van der Waals surface area contributed by atoms with E-state index in [-0.39, 0.29) is 24.0 Å². The standard InChI is InChI=1S/C32H34ClNO5/c1-20-15-23(16-21(2)30(20)39-32(4,5)22(3)35)17-25-18-34(31(37)38-27-9-7-6-8-10-27)19-28(25)29(36)24-11-13-26(33)14-12-24/h6-16,25,28H,17-19H2,1-5H3. The van der Waals surface area contributed by atoms with Crippen LogP contribution in [0.4, 0.5) is 4.79 Å². The molecule has 2 atom stereocenters. The molecule has 1 saturated heterocycles. The van der Waals surface area contributed by atoms with Crippen molar-refractivity contribution < 1.29 is 23.9 Å². The number of likely N-dealkylation sites (tertiary alicyclic amines) is 1. The van der Waals surface area contributed by atoms with Crippen molar-refractivity contribution in [1.29, 1.82) is 0 Å². The van der Waals surface area contributed by atoms with Gasteiger partial charge in [0.05, 0.1) is 0 Å². The molecule has 1 aliphatic heterocycles. The number of aryl methyl sites for hydroxylation is 2. The normalized spacial score (nSPS) is 17.1. The van der Waals surface area contributed by atoms with Crippen molar-refractivity contribution in [2.75, 3.05) is 13.1 Å². The molecule has 0 saturated carbocycles. The SMILES string of the molecule is CC(=O)C(C)(C)Oc1c(C)cc(CC2CN(C(=O)Oc3ccccc3)CC2C(=O)c2ccc(Cl)cc2)cc1C. The van der Waals surface area contributed by atoms with E-state index in [1.54, 1.807) is 67.3 Å². The molecule has 39 heavy (non-hydrogen) atoms. The highest BCUT2D eigenvalue weighted by Crippen LogP contribution is 2.34. The summed E-state index contributed by atoms with van der Waals surface area (Å²) >= 11 is 6.04. The quantitative estimate of drug-likeness (QED) is 0.287.